The normalized spacial score (nSPS) is 15.8. The fourth-order valence-corrected chi connectivity index (χ4v) is 3.77. The highest BCUT2D eigenvalue weighted by Gasteiger charge is 2.24. The summed E-state index contributed by atoms with van der Waals surface area (Å²) in [6.45, 7) is 6.72. The van der Waals surface area contributed by atoms with E-state index in [2.05, 4.69) is 5.32 Å². The molecular weight excluding hydrogens is 410 g/mol. The Kier molecular flexibility index (Phi) is 8.67. The molecule has 1 atom stereocenters. The van der Waals surface area contributed by atoms with E-state index in [1.165, 1.54) is 0 Å². The minimum absolute atomic E-state index is 0.0239. The van der Waals surface area contributed by atoms with Crippen LogP contribution in [0.25, 0.3) is 0 Å². The summed E-state index contributed by atoms with van der Waals surface area (Å²) in [7, 11) is 1.56. The third-order valence-electron chi connectivity index (χ3n) is 5.43. The predicted molar refractivity (Wildman–Crippen MR) is 120 cm³/mol. The summed E-state index contributed by atoms with van der Waals surface area (Å²) in [5.74, 6) is 0.179. The van der Waals surface area contributed by atoms with E-state index >= 15 is 0 Å². The SMILES string of the molecule is CCc1nn(C[C@H](C)COC(=O)c2cccc(OC)c2)c2c1C(=O)NCCCOCCC2. The molecule has 1 aromatic heterocycles. The number of esters is 1. The fourth-order valence-electron chi connectivity index (χ4n) is 3.77. The highest BCUT2D eigenvalue weighted by atomic mass is 16.5. The lowest BCUT2D eigenvalue weighted by Gasteiger charge is -2.15. The maximum absolute atomic E-state index is 12.9. The molecule has 0 unspecified atom stereocenters. The second kappa shape index (κ2) is 11.7. The first-order valence-corrected chi connectivity index (χ1v) is 11.3. The average Bonchev–Trinajstić information content (AvgIpc) is 3.13. The second-order valence-corrected chi connectivity index (χ2v) is 8.07. The predicted octanol–water partition coefficient (Wildman–Crippen LogP) is 3.03. The lowest BCUT2D eigenvalue weighted by Crippen LogP contribution is -2.27. The van der Waals surface area contributed by atoms with Crippen LogP contribution >= 0.6 is 0 Å². The first-order chi connectivity index (χ1) is 15.5. The Labute approximate surface area is 189 Å². The Balaban J connectivity index is 1.70. The van der Waals surface area contributed by atoms with E-state index in [1.807, 2.05) is 18.5 Å². The quantitative estimate of drug-likeness (QED) is 0.662. The Morgan fingerprint density at radius 1 is 1.31 bits per heavy atom. The first-order valence-electron chi connectivity index (χ1n) is 11.3. The molecule has 0 saturated heterocycles. The Bertz CT molecular complexity index is 924. The third kappa shape index (κ3) is 6.09. The van der Waals surface area contributed by atoms with Crippen molar-refractivity contribution in [2.45, 2.75) is 46.1 Å². The number of carbonyl (C=O) groups is 2. The highest BCUT2D eigenvalue weighted by molar-refractivity contribution is 5.96. The molecule has 8 heteroatoms. The zero-order valence-corrected chi connectivity index (χ0v) is 19.2. The molecule has 2 heterocycles. The molecule has 1 aliphatic heterocycles. The van der Waals surface area contributed by atoms with Crippen molar-refractivity contribution in [3.8, 4) is 5.75 Å². The largest absolute Gasteiger partial charge is 0.497 e. The van der Waals surface area contributed by atoms with Crippen molar-refractivity contribution in [3.05, 3.63) is 46.8 Å². The number of rotatable bonds is 7. The molecule has 3 rings (SSSR count). The van der Waals surface area contributed by atoms with E-state index in [-0.39, 0.29) is 24.4 Å². The second-order valence-electron chi connectivity index (χ2n) is 8.07. The van der Waals surface area contributed by atoms with Crippen LogP contribution in [0.2, 0.25) is 0 Å². The van der Waals surface area contributed by atoms with Crippen molar-refractivity contribution >= 4 is 11.9 Å². The number of nitrogens with one attached hydrogen (secondary N) is 1. The van der Waals surface area contributed by atoms with Gasteiger partial charge in [0.15, 0.2) is 0 Å². The molecule has 0 fully saturated rings. The van der Waals surface area contributed by atoms with Crippen LogP contribution in [0.5, 0.6) is 5.75 Å². The van der Waals surface area contributed by atoms with Gasteiger partial charge in [-0.1, -0.05) is 19.9 Å². The van der Waals surface area contributed by atoms with Gasteiger partial charge in [-0.2, -0.15) is 5.10 Å². The van der Waals surface area contributed by atoms with Crippen LogP contribution in [0.4, 0.5) is 0 Å². The number of amides is 1. The fraction of sp³-hybridized carbons (Fsp3) is 0.542. The molecule has 1 aromatic carbocycles. The summed E-state index contributed by atoms with van der Waals surface area (Å²) in [5.41, 5.74) is 2.87. The van der Waals surface area contributed by atoms with Gasteiger partial charge in [0.2, 0.25) is 0 Å². The maximum Gasteiger partial charge on any atom is 0.338 e. The number of fused-ring (bicyclic) bond motifs is 1. The number of aryl methyl sites for hydroxylation is 1. The number of aromatic nitrogens is 2. The van der Waals surface area contributed by atoms with Gasteiger partial charge in [0.1, 0.15) is 5.75 Å². The van der Waals surface area contributed by atoms with Crippen LogP contribution in [-0.4, -0.2) is 55.1 Å². The van der Waals surface area contributed by atoms with Gasteiger partial charge in [-0.3, -0.25) is 9.48 Å². The average molecular weight is 444 g/mol. The monoisotopic (exact) mass is 443 g/mol. The molecule has 1 N–H and O–H groups in total. The summed E-state index contributed by atoms with van der Waals surface area (Å²) in [5, 5.41) is 7.73. The van der Waals surface area contributed by atoms with Gasteiger partial charge in [-0.05, 0) is 43.9 Å². The molecule has 1 aliphatic rings. The number of carbonyl (C=O) groups excluding carboxylic acids is 2. The Hall–Kier alpha value is -2.87. The van der Waals surface area contributed by atoms with Gasteiger partial charge in [0.25, 0.3) is 5.91 Å². The number of ether oxygens (including phenoxy) is 3. The van der Waals surface area contributed by atoms with E-state index < -0.39 is 0 Å². The Morgan fingerprint density at radius 2 is 2.12 bits per heavy atom. The first kappa shape index (κ1) is 23.8. The van der Waals surface area contributed by atoms with Crippen LogP contribution in [0.3, 0.4) is 0 Å². The number of hydrogen-bond acceptors (Lipinski definition) is 6. The third-order valence-corrected chi connectivity index (χ3v) is 5.43. The van der Waals surface area contributed by atoms with Gasteiger partial charge >= 0.3 is 5.97 Å². The lowest BCUT2D eigenvalue weighted by molar-refractivity contribution is 0.0435. The van der Waals surface area contributed by atoms with Crippen molar-refractivity contribution in [2.24, 2.45) is 5.92 Å². The Morgan fingerprint density at radius 3 is 2.91 bits per heavy atom. The van der Waals surface area contributed by atoms with E-state index in [4.69, 9.17) is 19.3 Å². The van der Waals surface area contributed by atoms with Crippen LogP contribution in [-0.2, 0) is 28.9 Å². The minimum atomic E-state index is -0.388. The van der Waals surface area contributed by atoms with Gasteiger partial charge < -0.3 is 19.5 Å². The van der Waals surface area contributed by atoms with E-state index in [0.717, 1.165) is 24.2 Å². The van der Waals surface area contributed by atoms with Gasteiger partial charge in [-0.15, -0.1) is 0 Å². The standard InChI is InChI=1S/C24H33N3O5/c1-4-20-22-21(10-6-12-31-13-7-11-25-23(22)28)27(26-20)15-17(2)16-32-24(29)18-8-5-9-19(14-18)30-3/h5,8-9,14,17H,4,6-7,10-13,15-16H2,1-3H3,(H,25,28)/t17-/m0/s1. The van der Waals surface area contributed by atoms with Crippen LogP contribution in [0, 0.1) is 5.92 Å². The van der Waals surface area contributed by atoms with Crippen molar-refractivity contribution in [2.75, 3.05) is 33.5 Å². The van der Waals surface area contributed by atoms with E-state index in [9.17, 15) is 9.59 Å². The molecular formula is C24H33N3O5. The van der Waals surface area contributed by atoms with Crippen molar-refractivity contribution in [3.63, 3.8) is 0 Å². The molecule has 0 spiro atoms. The number of methoxy groups -OCH3 is 1. The molecule has 0 saturated carbocycles. The number of benzene rings is 1. The maximum atomic E-state index is 12.9. The smallest absolute Gasteiger partial charge is 0.338 e. The van der Waals surface area contributed by atoms with E-state index in [1.54, 1.807) is 31.4 Å². The lowest BCUT2D eigenvalue weighted by atomic mass is 10.1. The highest BCUT2D eigenvalue weighted by Crippen LogP contribution is 2.20. The minimum Gasteiger partial charge on any atom is -0.497 e. The van der Waals surface area contributed by atoms with Crippen molar-refractivity contribution < 1.29 is 23.8 Å². The summed E-state index contributed by atoms with van der Waals surface area (Å²) in [6.07, 6.45) is 3.02. The van der Waals surface area contributed by atoms with E-state index in [0.29, 0.717) is 56.0 Å². The zero-order valence-electron chi connectivity index (χ0n) is 19.2. The van der Waals surface area contributed by atoms with Crippen molar-refractivity contribution in [1.82, 2.24) is 15.1 Å². The van der Waals surface area contributed by atoms with Crippen LogP contribution < -0.4 is 10.1 Å². The molecule has 174 valence electrons. The van der Waals surface area contributed by atoms with Gasteiger partial charge in [0.05, 0.1) is 36.2 Å². The molecule has 32 heavy (non-hydrogen) atoms. The number of nitrogens with zero attached hydrogens (tertiary/aromatic N) is 2. The van der Waals surface area contributed by atoms with Gasteiger partial charge in [0, 0.05) is 32.2 Å². The summed E-state index contributed by atoms with van der Waals surface area (Å²) >= 11 is 0. The van der Waals surface area contributed by atoms with Crippen LogP contribution in [0.15, 0.2) is 24.3 Å². The van der Waals surface area contributed by atoms with Crippen LogP contribution in [0.1, 0.15) is 58.8 Å². The summed E-state index contributed by atoms with van der Waals surface area (Å²) < 4.78 is 18.2. The zero-order chi connectivity index (χ0) is 22.9. The molecule has 8 nitrogen and oxygen atoms in total. The summed E-state index contributed by atoms with van der Waals surface area (Å²) in [4.78, 5) is 25.3. The molecule has 0 bridgehead atoms. The molecule has 0 aliphatic carbocycles. The summed E-state index contributed by atoms with van der Waals surface area (Å²) in [6, 6.07) is 6.90. The molecule has 2 aromatic rings. The number of hydrogen-bond donors (Lipinski definition) is 1. The topological polar surface area (TPSA) is 91.7 Å². The van der Waals surface area contributed by atoms with Crippen molar-refractivity contribution in [1.29, 1.82) is 0 Å². The molecule has 1 amide bonds. The molecule has 0 radical (unpaired) electrons. The van der Waals surface area contributed by atoms with Gasteiger partial charge in [-0.25, -0.2) is 4.79 Å².